The minimum atomic E-state index is -1.11. The van der Waals surface area contributed by atoms with E-state index >= 15 is 0 Å². The molecule has 0 amide bonds. The van der Waals surface area contributed by atoms with Gasteiger partial charge in [0.1, 0.15) is 17.1 Å². The van der Waals surface area contributed by atoms with Crippen molar-refractivity contribution in [3.05, 3.63) is 17.7 Å². The van der Waals surface area contributed by atoms with Crippen molar-refractivity contribution in [1.82, 2.24) is 0 Å². The molecule has 0 aliphatic carbocycles. The van der Waals surface area contributed by atoms with Crippen LogP contribution in [0, 0.1) is 0 Å². The van der Waals surface area contributed by atoms with Crippen molar-refractivity contribution >= 4 is 11.7 Å². The summed E-state index contributed by atoms with van der Waals surface area (Å²) in [5.41, 5.74) is 5.90. The Morgan fingerprint density at radius 2 is 1.71 bits per heavy atom. The first-order chi connectivity index (χ1) is 6.60. The number of carbonyl (C=O) groups is 1. The number of hydrogen-bond acceptors (Lipinski definition) is 4. The highest BCUT2D eigenvalue weighted by molar-refractivity contribution is 5.95. The zero-order valence-electron chi connectivity index (χ0n) is 7.90. The predicted octanol–water partition coefficient (Wildman–Crippen LogP) is 0.984. The second-order valence-electron chi connectivity index (χ2n) is 2.61. The smallest absolute Gasteiger partial charge is 0.343 e. The first-order valence-electron chi connectivity index (χ1n) is 3.85. The molecular formula is C9H11NO4. The summed E-state index contributed by atoms with van der Waals surface area (Å²) in [5, 5.41) is 8.90. The maximum atomic E-state index is 10.9. The SMILES string of the molecule is COc1cc(N)cc(OC)c1C(=O)O. The molecule has 0 unspecified atom stereocenters. The van der Waals surface area contributed by atoms with Crippen LogP contribution in [0.25, 0.3) is 0 Å². The average Bonchev–Trinajstić information content (AvgIpc) is 2.15. The van der Waals surface area contributed by atoms with E-state index in [9.17, 15) is 4.79 Å². The highest BCUT2D eigenvalue weighted by atomic mass is 16.5. The van der Waals surface area contributed by atoms with Crippen LogP contribution in [0.2, 0.25) is 0 Å². The van der Waals surface area contributed by atoms with Crippen LogP contribution in [0.3, 0.4) is 0 Å². The molecule has 0 saturated heterocycles. The zero-order valence-corrected chi connectivity index (χ0v) is 7.90. The lowest BCUT2D eigenvalue weighted by Crippen LogP contribution is -2.04. The van der Waals surface area contributed by atoms with Crippen LogP contribution in [-0.4, -0.2) is 25.3 Å². The Kier molecular flexibility index (Phi) is 2.81. The topological polar surface area (TPSA) is 81.8 Å². The van der Waals surface area contributed by atoms with Crippen LogP contribution in [-0.2, 0) is 0 Å². The number of benzene rings is 1. The zero-order chi connectivity index (χ0) is 10.7. The molecule has 0 fully saturated rings. The molecule has 3 N–H and O–H groups in total. The van der Waals surface area contributed by atoms with E-state index in [1.54, 1.807) is 0 Å². The molecule has 0 aliphatic heterocycles. The predicted molar refractivity (Wildman–Crippen MR) is 50.9 cm³/mol. The van der Waals surface area contributed by atoms with Gasteiger partial charge in [0, 0.05) is 17.8 Å². The van der Waals surface area contributed by atoms with Crippen LogP contribution in [0.1, 0.15) is 10.4 Å². The van der Waals surface area contributed by atoms with Gasteiger partial charge in [0.05, 0.1) is 14.2 Å². The molecule has 0 aromatic heterocycles. The van der Waals surface area contributed by atoms with Gasteiger partial charge in [0.2, 0.25) is 0 Å². The first-order valence-corrected chi connectivity index (χ1v) is 3.85. The Balaban J connectivity index is 3.40. The van der Waals surface area contributed by atoms with Gasteiger partial charge in [-0.2, -0.15) is 0 Å². The standard InChI is InChI=1S/C9H11NO4/c1-13-6-3-5(10)4-7(14-2)8(6)9(11)12/h3-4H,10H2,1-2H3,(H,11,12). The largest absolute Gasteiger partial charge is 0.496 e. The number of hydrogen-bond donors (Lipinski definition) is 2. The molecule has 1 aromatic carbocycles. The molecule has 0 radical (unpaired) electrons. The molecule has 0 atom stereocenters. The number of aromatic carboxylic acids is 1. The van der Waals surface area contributed by atoms with Crippen LogP contribution in [0.5, 0.6) is 11.5 Å². The number of carboxylic acid groups (broad SMARTS) is 1. The Hall–Kier alpha value is -1.91. The van der Waals surface area contributed by atoms with Crippen molar-refractivity contribution in [2.24, 2.45) is 0 Å². The van der Waals surface area contributed by atoms with Gasteiger partial charge in [-0.15, -0.1) is 0 Å². The minimum absolute atomic E-state index is 0.0239. The summed E-state index contributed by atoms with van der Waals surface area (Å²) in [5.74, 6) is -0.734. The molecule has 0 bridgehead atoms. The third-order valence-electron chi connectivity index (χ3n) is 1.74. The van der Waals surface area contributed by atoms with Crippen molar-refractivity contribution in [2.45, 2.75) is 0 Å². The lowest BCUT2D eigenvalue weighted by Gasteiger charge is -2.10. The molecule has 0 aliphatic rings. The van der Waals surface area contributed by atoms with E-state index in [0.29, 0.717) is 5.69 Å². The monoisotopic (exact) mass is 197 g/mol. The van der Waals surface area contributed by atoms with Gasteiger partial charge in [-0.3, -0.25) is 0 Å². The molecule has 5 nitrogen and oxygen atoms in total. The van der Waals surface area contributed by atoms with Gasteiger partial charge in [-0.25, -0.2) is 4.79 Å². The Morgan fingerprint density at radius 3 is 2.00 bits per heavy atom. The van der Waals surface area contributed by atoms with Crippen LogP contribution in [0.15, 0.2) is 12.1 Å². The van der Waals surface area contributed by atoms with E-state index < -0.39 is 5.97 Å². The first kappa shape index (κ1) is 10.2. The summed E-state index contributed by atoms with van der Waals surface area (Å²) in [7, 11) is 2.75. The van der Waals surface area contributed by atoms with Crippen molar-refractivity contribution in [2.75, 3.05) is 20.0 Å². The molecule has 5 heteroatoms. The van der Waals surface area contributed by atoms with Crippen LogP contribution >= 0.6 is 0 Å². The third kappa shape index (κ3) is 1.71. The molecule has 14 heavy (non-hydrogen) atoms. The van der Waals surface area contributed by atoms with Crippen molar-refractivity contribution in [1.29, 1.82) is 0 Å². The van der Waals surface area contributed by atoms with E-state index in [1.807, 2.05) is 0 Å². The van der Waals surface area contributed by atoms with E-state index in [-0.39, 0.29) is 17.1 Å². The van der Waals surface area contributed by atoms with E-state index in [4.69, 9.17) is 20.3 Å². The third-order valence-corrected chi connectivity index (χ3v) is 1.74. The van der Waals surface area contributed by atoms with Crippen LogP contribution in [0.4, 0.5) is 5.69 Å². The molecule has 0 heterocycles. The van der Waals surface area contributed by atoms with Gasteiger partial charge in [-0.1, -0.05) is 0 Å². The highest BCUT2D eigenvalue weighted by Crippen LogP contribution is 2.31. The summed E-state index contributed by atoms with van der Waals surface area (Å²) in [6.07, 6.45) is 0. The number of ether oxygens (including phenoxy) is 2. The fourth-order valence-corrected chi connectivity index (χ4v) is 1.14. The summed E-state index contributed by atoms with van der Waals surface area (Å²) >= 11 is 0. The molecule has 76 valence electrons. The van der Waals surface area contributed by atoms with Gasteiger partial charge in [0.15, 0.2) is 0 Å². The fourth-order valence-electron chi connectivity index (χ4n) is 1.14. The van der Waals surface area contributed by atoms with Crippen molar-refractivity contribution < 1.29 is 19.4 Å². The van der Waals surface area contributed by atoms with Crippen molar-refractivity contribution in [3.63, 3.8) is 0 Å². The quantitative estimate of drug-likeness (QED) is 0.706. The molecule has 1 aromatic rings. The molecule has 1 rings (SSSR count). The van der Waals surface area contributed by atoms with E-state index in [2.05, 4.69) is 0 Å². The lowest BCUT2D eigenvalue weighted by atomic mass is 10.1. The molecule has 0 spiro atoms. The van der Waals surface area contributed by atoms with Gasteiger partial charge < -0.3 is 20.3 Å². The molecular weight excluding hydrogens is 186 g/mol. The molecule has 0 saturated carbocycles. The summed E-state index contributed by atoms with van der Waals surface area (Å²) in [4.78, 5) is 10.9. The summed E-state index contributed by atoms with van der Waals surface area (Å²) in [6, 6.07) is 2.87. The second kappa shape index (κ2) is 3.87. The maximum absolute atomic E-state index is 10.9. The maximum Gasteiger partial charge on any atom is 0.343 e. The number of methoxy groups -OCH3 is 2. The number of anilines is 1. The average molecular weight is 197 g/mol. The van der Waals surface area contributed by atoms with Gasteiger partial charge in [0.25, 0.3) is 0 Å². The number of nitrogens with two attached hydrogens (primary N) is 1. The van der Waals surface area contributed by atoms with E-state index in [0.717, 1.165) is 0 Å². The second-order valence-corrected chi connectivity index (χ2v) is 2.61. The van der Waals surface area contributed by atoms with Gasteiger partial charge in [-0.05, 0) is 0 Å². The number of carboxylic acids is 1. The van der Waals surface area contributed by atoms with Crippen LogP contribution < -0.4 is 15.2 Å². The minimum Gasteiger partial charge on any atom is -0.496 e. The summed E-state index contributed by atoms with van der Waals surface area (Å²) in [6.45, 7) is 0. The van der Waals surface area contributed by atoms with E-state index in [1.165, 1.54) is 26.4 Å². The Morgan fingerprint density at radius 1 is 1.29 bits per heavy atom. The van der Waals surface area contributed by atoms with Gasteiger partial charge >= 0.3 is 5.97 Å². The fraction of sp³-hybridized carbons (Fsp3) is 0.222. The number of nitrogen functional groups attached to an aromatic ring is 1. The van der Waals surface area contributed by atoms with Crippen molar-refractivity contribution in [3.8, 4) is 11.5 Å². The Labute approximate surface area is 81.0 Å². The normalized spacial score (nSPS) is 9.57. The Bertz CT molecular complexity index is 337. The highest BCUT2D eigenvalue weighted by Gasteiger charge is 2.18. The number of rotatable bonds is 3. The summed E-state index contributed by atoms with van der Waals surface area (Å²) < 4.78 is 9.78. The lowest BCUT2D eigenvalue weighted by molar-refractivity contribution is 0.0689.